The van der Waals surface area contributed by atoms with Gasteiger partial charge in [0.25, 0.3) is 5.91 Å². The highest BCUT2D eigenvalue weighted by molar-refractivity contribution is 5.98. The molecule has 0 bridgehead atoms. The van der Waals surface area contributed by atoms with E-state index in [0.717, 1.165) is 0 Å². The van der Waals surface area contributed by atoms with Crippen LogP contribution in [0.2, 0.25) is 0 Å². The molecular weight excluding hydrogens is 274 g/mol. The van der Waals surface area contributed by atoms with Crippen molar-refractivity contribution in [2.75, 3.05) is 0 Å². The van der Waals surface area contributed by atoms with Gasteiger partial charge in [-0.05, 0) is 37.6 Å². The number of aromatic nitrogens is 2. The second kappa shape index (κ2) is 5.74. The first-order valence-electron chi connectivity index (χ1n) is 6.39. The first-order valence-corrected chi connectivity index (χ1v) is 6.39. The van der Waals surface area contributed by atoms with E-state index in [1.54, 1.807) is 31.2 Å². The fourth-order valence-electron chi connectivity index (χ4n) is 1.68. The van der Waals surface area contributed by atoms with Gasteiger partial charge >= 0.3 is 5.97 Å². The highest BCUT2D eigenvalue weighted by Crippen LogP contribution is 2.17. The van der Waals surface area contributed by atoms with Gasteiger partial charge in [-0.1, -0.05) is 6.92 Å². The summed E-state index contributed by atoms with van der Waals surface area (Å²) in [6.45, 7) is 3.17. The molecule has 0 aliphatic carbocycles. The monoisotopic (exact) mass is 289 g/mol. The lowest BCUT2D eigenvalue weighted by atomic mass is 9.98. The molecule has 0 saturated carbocycles. The van der Waals surface area contributed by atoms with E-state index in [0.29, 0.717) is 17.0 Å². The van der Waals surface area contributed by atoms with Gasteiger partial charge in [0.15, 0.2) is 0 Å². The number of rotatable bonds is 5. The smallest absolute Gasteiger partial charge is 0.329 e. The Bertz CT molecular complexity index is 637. The Hall–Kier alpha value is -2.70. The Morgan fingerprint density at radius 1 is 1.33 bits per heavy atom. The van der Waals surface area contributed by atoms with E-state index in [4.69, 9.17) is 9.52 Å². The number of nitrogens with zero attached hydrogens (tertiary/aromatic N) is 2. The molecule has 1 amide bonds. The molecule has 2 rings (SSSR count). The summed E-state index contributed by atoms with van der Waals surface area (Å²) >= 11 is 0. The van der Waals surface area contributed by atoms with E-state index >= 15 is 0 Å². The Balaban J connectivity index is 2.15. The number of carboxylic acids is 1. The van der Waals surface area contributed by atoms with Crippen LogP contribution in [0, 0.1) is 0 Å². The van der Waals surface area contributed by atoms with Crippen molar-refractivity contribution in [3.8, 4) is 11.5 Å². The number of aliphatic carboxylic acids is 1. The predicted molar refractivity (Wildman–Crippen MR) is 73.5 cm³/mol. The summed E-state index contributed by atoms with van der Waals surface area (Å²) in [5, 5.41) is 19.0. The third kappa shape index (κ3) is 3.07. The third-order valence-electron chi connectivity index (χ3n) is 3.32. The minimum atomic E-state index is -1.29. The van der Waals surface area contributed by atoms with Crippen LogP contribution in [0.3, 0.4) is 0 Å². The van der Waals surface area contributed by atoms with E-state index in [1.165, 1.54) is 13.3 Å². The van der Waals surface area contributed by atoms with Crippen LogP contribution in [0.5, 0.6) is 0 Å². The molecule has 1 aromatic heterocycles. The number of carboxylic acid groups (broad SMARTS) is 1. The zero-order valence-corrected chi connectivity index (χ0v) is 11.7. The molecule has 0 fully saturated rings. The third-order valence-corrected chi connectivity index (χ3v) is 3.32. The van der Waals surface area contributed by atoms with Gasteiger partial charge in [-0.2, -0.15) is 0 Å². The molecule has 7 heteroatoms. The van der Waals surface area contributed by atoms with Gasteiger partial charge < -0.3 is 14.8 Å². The van der Waals surface area contributed by atoms with Crippen molar-refractivity contribution >= 4 is 11.9 Å². The van der Waals surface area contributed by atoms with E-state index in [2.05, 4.69) is 15.5 Å². The molecule has 7 nitrogen and oxygen atoms in total. The number of benzene rings is 1. The number of hydrogen-bond acceptors (Lipinski definition) is 5. The van der Waals surface area contributed by atoms with Gasteiger partial charge in [-0.15, -0.1) is 10.2 Å². The topological polar surface area (TPSA) is 105 Å². The van der Waals surface area contributed by atoms with Crippen LogP contribution in [0.4, 0.5) is 0 Å². The van der Waals surface area contributed by atoms with Crippen LogP contribution in [-0.2, 0) is 4.79 Å². The standard InChI is InChI=1S/C14H15N3O4/c1-3-14(2,13(19)20)16-11(18)9-4-6-10(7-5-9)12-17-15-8-21-12/h4-8H,3H2,1-2H3,(H,16,18)(H,19,20). The van der Waals surface area contributed by atoms with E-state index in [-0.39, 0.29) is 6.42 Å². The normalized spacial score (nSPS) is 13.4. The molecule has 0 aliphatic heterocycles. The van der Waals surface area contributed by atoms with Crippen molar-refractivity contribution in [3.05, 3.63) is 36.2 Å². The summed E-state index contributed by atoms with van der Waals surface area (Å²) in [7, 11) is 0. The maximum Gasteiger partial charge on any atom is 0.329 e. The van der Waals surface area contributed by atoms with Gasteiger partial charge in [-0.3, -0.25) is 4.79 Å². The average Bonchev–Trinajstić information content (AvgIpc) is 3.01. The fraction of sp³-hybridized carbons (Fsp3) is 0.286. The zero-order chi connectivity index (χ0) is 15.5. The quantitative estimate of drug-likeness (QED) is 0.868. The van der Waals surface area contributed by atoms with Gasteiger partial charge in [0.05, 0.1) is 0 Å². The van der Waals surface area contributed by atoms with Crippen molar-refractivity contribution in [1.29, 1.82) is 0 Å². The fourth-order valence-corrected chi connectivity index (χ4v) is 1.68. The summed E-state index contributed by atoms with van der Waals surface area (Å²) in [5.41, 5.74) is -0.248. The first-order chi connectivity index (χ1) is 9.96. The number of amides is 1. The van der Waals surface area contributed by atoms with Crippen molar-refractivity contribution in [3.63, 3.8) is 0 Å². The maximum absolute atomic E-state index is 12.1. The maximum atomic E-state index is 12.1. The molecule has 0 aliphatic rings. The minimum absolute atomic E-state index is 0.286. The number of carbonyl (C=O) groups is 2. The number of nitrogens with one attached hydrogen (secondary N) is 1. The Morgan fingerprint density at radius 3 is 2.48 bits per heavy atom. The zero-order valence-electron chi connectivity index (χ0n) is 11.7. The molecule has 110 valence electrons. The van der Waals surface area contributed by atoms with Crippen LogP contribution >= 0.6 is 0 Å². The second-order valence-electron chi connectivity index (χ2n) is 4.77. The predicted octanol–water partition coefficient (Wildman–Crippen LogP) is 1.72. The molecule has 21 heavy (non-hydrogen) atoms. The van der Waals surface area contributed by atoms with E-state index in [1.807, 2.05) is 0 Å². The second-order valence-corrected chi connectivity index (χ2v) is 4.77. The SMILES string of the molecule is CCC(C)(NC(=O)c1ccc(-c2nnco2)cc1)C(=O)O. The Kier molecular flexibility index (Phi) is 4.02. The highest BCUT2D eigenvalue weighted by Gasteiger charge is 2.32. The molecule has 1 aromatic carbocycles. The molecule has 1 atom stereocenters. The van der Waals surface area contributed by atoms with Crippen LogP contribution in [0.25, 0.3) is 11.5 Å². The lowest BCUT2D eigenvalue weighted by molar-refractivity contribution is -0.143. The van der Waals surface area contributed by atoms with Gasteiger partial charge in [0, 0.05) is 11.1 Å². The number of hydrogen-bond donors (Lipinski definition) is 2. The van der Waals surface area contributed by atoms with Gasteiger partial charge in [-0.25, -0.2) is 4.79 Å². The largest absolute Gasteiger partial charge is 0.480 e. The molecule has 2 aromatic rings. The minimum Gasteiger partial charge on any atom is -0.480 e. The molecular formula is C14H15N3O4. The van der Waals surface area contributed by atoms with Crippen LogP contribution in [0.15, 0.2) is 35.1 Å². The van der Waals surface area contributed by atoms with Gasteiger partial charge in [0.1, 0.15) is 5.54 Å². The van der Waals surface area contributed by atoms with E-state index < -0.39 is 17.4 Å². The summed E-state index contributed by atoms with van der Waals surface area (Å²) in [6.07, 6.45) is 1.50. The molecule has 0 saturated heterocycles. The summed E-state index contributed by atoms with van der Waals surface area (Å²) < 4.78 is 5.05. The molecule has 2 N–H and O–H groups in total. The highest BCUT2D eigenvalue weighted by atomic mass is 16.4. The van der Waals surface area contributed by atoms with E-state index in [9.17, 15) is 9.59 Å². The van der Waals surface area contributed by atoms with Crippen molar-refractivity contribution in [2.24, 2.45) is 0 Å². The van der Waals surface area contributed by atoms with Crippen molar-refractivity contribution < 1.29 is 19.1 Å². The van der Waals surface area contributed by atoms with Crippen molar-refractivity contribution in [2.45, 2.75) is 25.8 Å². The molecule has 1 heterocycles. The van der Waals surface area contributed by atoms with Crippen molar-refractivity contribution in [1.82, 2.24) is 15.5 Å². The van der Waals surface area contributed by atoms with Crippen LogP contribution < -0.4 is 5.32 Å². The Labute approximate surface area is 121 Å². The molecule has 1 unspecified atom stereocenters. The summed E-state index contributed by atoms with van der Waals surface area (Å²) in [5.74, 6) is -1.16. The molecule has 0 radical (unpaired) electrons. The Morgan fingerprint density at radius 2 is 2.00 bits per heavy atom. The first kappa shape index (κ1) is 14.7. The van der Waals surface area contributed by atoms with Gasteiger partial charge in [0.2, 0.25) is 12.3 Å². The lowest BCUT2D eigenvalue weighted by Crippen LogP contribution is -2.51. The summed E-state index contributed by atoms with van der Waals surface area (Å²) in [6, 6.07) is 6.47. The lowest BCUT2D eigenvalue weighted by Gasteiger charge is -2.24. The van der Waals surface area contributed by atoms with Crippen LogP contribution in [-0.4, -0.2) is 32.7 Å². The molecule has 0 spiro atoms. The summed E-state index contributed by atoms with van der Waals surface area (Å²) in [4.78, 5) is 23.3. The number of carbonyl (C=O) groups excluding carboxylic acids is 1. The van der Waals surface area contributed by atoms with Crippen LogP contribution in [0.1, 0.15) is 30.6 Å². The average molecular weight is 289 g/mol.